The van der Waals surface area contributed by atoms with E-state index >= 15 is 0 Å². The lowest BCUT2D eigenvalue weighted by molar-refractivity contribution is 0.835. The number of hydrogen-bond acceptors (Lipinski definition) is 1. The Hall–Kier alpha value is -4.17. The lowest BCUT2D eigenvalue weighted by atomic mass is 10.0. The van der Waals surface area contributed by atoms with Gasteiger partial charge in [0.25, 0.3) is 0 Å². The Labute approximate surface area is 187 Å². The van der Waals surface area contributed by atoms with Crippen LogP contribution in [0.2, 0.25) is 0 Å². The first-order valence-electron chi connectivity index (χ1n) is 10.9. The molecule has 0 unspecified atom stereocenters. The van der Waals surface area contributed by atoms with Crippen molar-refractivity contribution in [1.29, 1.82) is 0 Å². The van der Waals surface area contributed by atoms with Gasteiger partial charge in [0.15, 0.2) is 0 Å². The summed E-state index contributed by atoms with van der Waals surface area (Å²) in [5.41, 5.74) is 7.02. The molecule has 5 aromatic carbocycles. The number of rotatable bonds is 4. The summed E-state index contributed by atoms with van der Waals surface area (Å²) in [6.45, 7) is 0.779. The van der Waals surface area contributed by atoms with Crippen molar-refractivity contribution in [3.8, 4) is 22.5 Å². The van der Waals surface area contributed by atoms with Gasteiger partial charge < -0.3 is 4.57 Å². The first kappa shape index (κ1) is 18.6. The number of fused-ring (bicyclic) bond motifs is 2. The van der Waals surface area contributed by atoms with Gasteiger partial charge in [0.05, 0.1) is 11.0 Å². The molecule has 152 valence electrons. The molecule has 0 aliphatic rings. The van der Waals surface area contributed by atoms with Crippen molar-refractivity contribution in [3.63, 3.8) is 0 Å². The summed E-state index contributed by atoms with van der Waals surface area (Å²) in [6.07, 6.45) is 0. The molecule has 0 saturated heterocycles. The van der Waals surface area contributed by atoms with Crippen LogP contribution in [0.1, 0.15) is 5.56 Å². The Balaban J connectivity index is 1.44. The zero-order chi connectivity index (χ0) is 21.3. The van der Waals surface area contributed by atoms with Crippen LogP contribution in [0.4, 0.5) is 0 Å². The predicted octanol–water partition coefficient (Wildman–Crippen LogP) is 7.57. The molecule has 0 bridgehead atoms. The molecule has 6 rings (SSSR count). The number of para-hydroxylation sites is 2. The molecule has 0 spiro atoms. The number of hydrogen-bond donors (Lipinski definition) is 0. The Morgan fingerprint density at radius 1 is 0.531 bits per heavy atom. The van der Waals surface area contributed by atoms with Crippen LogP contribution in [0.15, 0.2) is 121 Å². The average Bonchev–Trinajstić information content (AvgIpc) is 3.23. The third kappa shape index (κ3) is 3.36. The Morgan fingerprint density at radius 2 is 1.19 bits per heavy atom. The number of aromatic nitrogens is 2. The maximum atomic E-state index is 5.01. The van der Waals surface area contributed by atoms with Crippen LogP contribution in [0.5, 0.6) is 0 Å². The SMILES string of the molecule is c1ccc(-c2ccc(-c3nc4ccccc4n3Cc3ccc4ccccc4c3)cc2)cc1. The van der Waals surface area contributed by atoms with Gasteiger partial charge in [0.1, 0.15) is 5.82 Å². The van der Waals surface area contributed by atoms with E-state index < -0.39 is 0 Å². The second kappa shape index (κ2) is 7.82. The summed E-state index contributed by atoms with van der Waals surface area (Å²) in [6, 6.07) is 42.8. The van der Waals surface area contributed by atoms with Crippen LogP contribution in [-0.2, 0) is 6.54 Å². The lowest BCUT2D eigenvalue weighted by Crippen LogP contribution is -2.02. The molecule has 32 heavy (non-hydrogen) atoms. The van der Waals surface area contributed by atoms with E-state index in [-0.39, 0.29) is 0 Å². The Kier molecular flexibility index (Phi) is 4.54. The van der Waals surface area contributed by atoms with Crippen LogP contribution in [0, 0.1) is 0 Å². The molecular weight excluding hydrogens is 388 g/mol. The Bertz CT molecular complexity index is 1530. The van der Waals surface area contributed by atoms with Crippen LogP contribution in [0.3, 0.4) is 0 Å². The number of benzene rings is 5. The molecule has 0 fully saturated rings. The molecule has 1 heterocycles. The molecule has 2 nitrogen and oxygen atoms in total. The quantitative estimate of drug-likeness (QED) is 0.293. The highest BCUT2D eigenvalue weighted by atomic mass is 15.1. The minimum Gasteiger partial charge on any atom is -0.319 e. The predicted molar refractivity (Wildman–Crippen MR) is 134 cm³/mol. The van der Waals surface area contributed by atoms with E-state index in [1.807, 2.05) is 6.07 Å². The van der Waals surface area contributed by atoms with E-state index in [2.05, 4.69) is 120 Å². The minimum absolute atomic E-state index is 0.779. The second-order valence-corrected chi connectivity index (χ2v) is 8.14. The molecule has 0 amide bonds. The van der Waals surface area contributed by atoms with Gasteiger partial charge in [0, 0.05) is 12.1 Å². The first-order valence-corrected chi connectivity index (χ1v) is 10.9. The van der Waals surface area contributed by atoms with E-state index in [0.717, 1.165) is 29.0 Å². The highest BCUT2D eigenvalue weighted by Gasteiger charge is 2.13. The monoisotopic (exact) mass is 410 g/mol. The van der Waals surface area contributed by atoms with E-state index in [4.69, 9.17) is 4.98 Å². The van der Waals surface area contributed by atoms with Crippen molar-refractivity contribution in [1.82, 2.24) is 9.55 Å². The smallest absolute Gasteiger partial charge is 0.141 e. The molecule has 0 aliphatic carbocycles. The summed E-state index contributed by atoms with van der Waals surface area (Å²) in [5, 5.41) is 2.53. The van der Waals surface area contributed by atoms with E-state index in [9.17, 15) is 0 Å². The second-order valence-electron chi connectivity index (χ2n) is 8.14. The first-order chi connectivity index (χ1) is 15.8. The number of imidazole rings is 1. The summed E-state index contributed by atoms with van der Waals surface area (Å²) >= 11 is 0. The molecule has 0 saturated carbocycles. The van der Waals surface area contributed by atoms with Gasteiger partial charge in [-0.15, -0.1) is 0 Å². The molecule has 2 heteroatoms. The van der Waals surface area contributed by atoms with Gasteiger partial charge >= 0.3 is 0 Å². The third-order valence-electron chi connectivity index (χ3n) is 6.06. The fraction of sp³-hybridized carbons (Fsp3) is 0.0333. The lowest BCUT2D eigenvalue weighted by Gasteiger charge is -2.11. The minimum atomic E-state index is 0.779. The molecular formula is C30H22N2. The molecule has 0 radical (unpaired) electrons. The van der Waals surface area contributed by atoms with Gasteiger partial charge in [-0.05, 0) is 45.7 Å². The van der Waals surface area contributed by atoms with Gasteiger partial charge in [0.2, 0.25) is 0 Å². The highest BCUT2D eigenvalue weighted by Crippen LogP contribution is 2.29. The third-order valence-corrected chi connectivity index (χ3v) is 6.06. The largest absolute Gasteiger partial charge is 0.319 e. The maximum Gasteiger partial charge on any atom is 0.141 e. The van der Waals surface area contributed by atoms with Gasteiger partial charge in [-0.3, -0.25) is 0 Å². The van der Waals surface area contributed by atoms with Crippen molar-refractivity contribution < 1.29 is 0 Å². The maximum absolute atomic E-state index is 5.01. The molecule has 0 atom stereocenters. The highest BCUT2D eigenvalue weighted by molar-refractivity contribution is 5.84. The summed E-state index contributed by atoms with van der Waals surface area (Å²) in [7, 11) is 0. The van der Waals surface area contributed by atoms with Crippen molar-refractivity contribution in [2.45, 2.75) is 6.54 Å². The van der Waals surface area contributed by atoms with Crippen LogP contribution >= 0.6 is 0 Å². The van der Waals surface area contributed by atoms with Gasteiger partial charge in [-0.25, -0.2) is 4.98 Å². The summed E-state index contributed by atoms with van der Waals surface area (Å²) in [4.78, 5) is 5.01. The van der Waals surface area contributed by atoms with Crippen LogP contribution in [0.25, 0.3) is 44.3 Å². The van der Waals surface area contributed by atoms with Crippen molar-refractivity contribution in [2.75, 3.05) is 0 Å². The van der Waals surface area contributed by atoms with Crippen LogP contribution in [-0.4, -0.2) is 9.55 Å². The normalized spacial score (nSPS) is 11.2. The molecule has 1 aromatic heterocycles. The molecule has 6 aromatic rings. The van der Waals surface area contributed by atoms with Crippen molar-refractivity contribution in [2.24, 2.45) is 0 Å². The standard InChI is InChI=1S/C30H22N2/c1-2-8-23(9-3-1)25-16-18-26(19-17-25)30-31-28-12-6-7-13-29(28)32(30)21-22-14-15-24-10-4-5-11-27(24)20-22/h1-20H,21H2. The van der Waals surface area contributed by atoms with Crippen molar-refractivity contribution in [3.05, 3.63) is 127 Å². The van der Waals surface area contributed by atoms with E-state index in [0.29, 0.717) is 0 Å². The fourth-order valence-corrected chi connectivity index (χ4v) is 4.42. The van der Waals surface area contributed by atoms with Crippen LogP contribution < -0.4 is 0 Å². The zero-order valence-electron chi connectivity index (χ0n) is 17.6. The van der Waals surface area contributed by atoms with E-state index in [1.54, 1.807) is 0 Å². The van der Waals surface area contributed by atoms with Crippen molar-refractivity contribution >= 4 is 21.8 Å². The average molecular weight is 411 g/mol. The molecule has 0 aliphatic heterocycles. The topological polar surface area (TPSA) is 17.8 Å². The Morgan fingerprint density at radius 3 is 2.03 bits per heavy atom. The van der Waals surface area contributed by atoms with Gasteiger partial charge in [-0.1, -0.05) is 103 Å². The summed E-state index contributed by atoms with van der Waals surface area (Å²) < 4.78 is 2.33. The molecule has 0 N–H and O–H groups in total. The zero-order valence-corrected chi connectivity index (χ0v) is 17.6. The summed E-state index contributed by atoms with van der Waals surface area (Å²) in [5.74, 6) is 0.999. The number of nitrogens with zero attached hydrogens (tertiary/aromatic N) is 2. The van der Waals surface area contributed by atoms with Gasteiger partial charge in [-0.2, -0.15) is 0 Å². The fourth-order valence-electron chi connectivity index (χ4n) is 4.42. The van der Waals surface area contributed by atoms with E-state index in [1.165, 1.54) is 27.5 Å².